The van der Waals surface area contributed by atoms with Crippen molar-refractivity contribution in [1.29, 1.82) is 0 Å². The molecule has 0 radical (unpaired) electrons. The first kappa shape index (κ1) is 22.0. The summed E-state index contributed by atoms with van der Waals surface area (Å²) in [7, 11) is 3.93. The molecule has 1 aromatic heterocycles. The highest BCUT2D eigenvalue weighted by Gasteiger charge is 2.35. The number of carbonyl (C=O) groups is 2. The summed E-state index contributed by atoms with van der Waals surface area (Å²) >= 11 is 1.11. The number of nitrogens with zero attached hydrogens (tertiary/aromatic N) is 4. The van der Waals surface area contributed by atoms with Crippen molar-refractivity contribution in [2.75, 3.05) is 23.9 Å². The van der Waals surface area contributed by atoms with E-state index < -0.39 is 6.04 Å². The highest BCUT2D eigenvalue weighted by molar-refractivity contribution is 7.03. The van der Waals surface area contributed by atoms with E-state index in [2.05, 4.69) is 14.9 Å². The fourth-order valence-electron chi connectivity index (χ4n) is 4.08. The van der Waals surface area contributed by atoms with Crippen LogP contribution in [0, 0.1) is 0 Å². The number of benzene rings is 2. The Hall–Kier alpha value is -3.26. The topological polar surface area (TPSA) is 78.4 Å². The summed E-state index contributed by atoms with van der Waals surface area (Å²) in [6, 6.07) is 16.3. The molecule has 2 aromatic carbocycles. The van der Waals surface area contributed by atoms with E-state index in [0.29, 0.717) is 5.69 Å². The lowest BCUT2D eigenvalue weighted by atomic mass is 10.0. The Kier molecular flexibility index (Phi) is 6.80. The molecule has 32 heavy (non-hydrogen) atoms. The zero-order valence-corrected chi connectivity index (χ0v) is 19.1. The van der Waals surface area contributed by atoms with Crippen LogP contribution in [0.5, 0.6) is 0 Å². The zero-order valence-electron chi connectivity index (χ0n) is 18.3. The Labute approximate surface area is 192 Å². The zero-order chi connectivity index (χ0) is 22.5. The predicted molar refractivity (Wildman–Crippen MR) is 127 cm³/mol. The molecule has 1 fully saturated rings. The summed E-state index contributed by atoms with van der Waals surface area (Å²) < 4.78 is 3.85. The van der Waals surface area contributed by atoms with E-state index in [1.54, 1.807) is 5.38 Å². The molecule has 2 amide bonds. The van der Waals surface area contributed by atoms with Crippen LogP contribution in [0.25, 0.3) is 0 Å². The maximum absolute atomic E-state index is 13.7. The third-order valence-electron chi connectivity index (χ3n) is 5.77. The van der Waals surface area contributed by atoms with Gasteiger partial charge in [0, 0.05) is 36.9 Å². The fraction of sp³-hybridized carbons (Fsp3) is 0.333. The van der Waals surface area contributed by atoms with Gasteiger partial charge in [0.2, 0.25) is 5.91 Å². The summed E-state index contributed by atoms with van der Waals surface area (Å²) in [5, 5.41) is 8.78. The van der Waals surface area contributed by atoms with Gasteiger partial charge in [-0.05, 0) is 54.2 Å². The van der Waals surface area contributed by atoms with E-state index in [0.717, 1.165) is 48.5 Å². The van der Waals surface area contributed by atoms with Crippen molar-refractivity contribution in [2.24, 2.45) is 0 Å². The molecule has 8 heteroatoms. The Morgan fingerprint density at radius 2 is 1.69 bits per heavy atom. The molecular formula is C24H27N5O2S. The molecule has 1 N–H and O–H groups in total. The normalized spacial score (nSPS) is 14.7. The second-order valence-corrected chi connectivity index (χ2v) is 8.79. The lowest BCUT2D eigenvalue weighted by molar-refractivity contribution is -0.123. The summed E-state index contributed by atoms with van der Waals surface area (Å²) in [6.07, 6.45) is 4.15. The van der Waals surface area contributed by atoms with Crippen LogP contribution in [0.4, 0.5) is 11.4 Å². The number of hydrogen-bond acceptors (Lipinski definition) is 6. The minimum absolute atomic E-state index is 0.139. The number of hydrogen-bond donors (Lipinski definition) is 1. The third kappa shape index (κ3) is 4.80. The smallest absolute Gasteiger partial charge is 0.280 e. The molecule has 4 rings (SSSR count). The first-order valence-electron chi connectivity index (χ1n) is 10.8. The van der Waals surface area contributed by atoms with E-state index >= 15 is 0 Å². The quantitative estimate of drug-likeness (QED) is 0.589. The van der Waals surface area contributed by atoms with E-state index in [1.807, 2.05) is 73.6 Å². The van der Waals surface area contributed by atoms with Crippen molar-refractivity contribution in [3.63, 3.8) is 0 Å². The Morgan fingerprint density at radius 3 is 2.28 bits per heavy atom. The van der Waals surface area contributed by atoms with Gasteiger partial charge >= 0.3 is 0 Å². The Morgan fingerprint density at radius 1 is 1.00 bits per heavy atom. The number of rotatable bonds is 7. The van der Waals surface area contributed by atoms with Gasteiger partial charge in [0.25, 0.3) is 5.91 Å². The third-order valence-corrected chi connectivity index (χ3v) is 6.27. The molecule has 1 saturated carbocycles. The Bertz CT molecular complexity index is 1030. The van der Waals surface area contributed by atoms with Gasteiger partial charge in [0.05, 0.1) is 0 Å². The van der Waals surface area contributed by atoms with Crippen LogP contribution in [0.15, 0.2) is 60.0 Å². The number of amides is 2. The maximum atomic E-state index is 13.7. The van der Waals surface area contributed by atoms with Gasteiger partial charge in [0.1, 0.15) is 6.04 Å². The predicted octanol–water partition coefficient (Wildman–Crippen LogP) is 4.05. The van der Waals surface area contributed by atoms with E-state index in [9.17, 15) is 9.59 Å². The van der Waals surface area contributed by atoms with Gasteiger partial charge in [-0.3, -0.25) is 14.5 Å². The SMILES string of the molecule is CN(C)c1ccc([C@@H](C(=O)NC2CCCC2)N(C(=O)c2csnn2)c2ccccc2)cc1. The van der Waals surface area contributed by atoms with Gasteiger partial charge in [-0.25, -0.2) is 0 Å². The molecule has 166 valence electrons. The van der Waals surface area contributed by atoms with Crippen molar-refractivity contribution in [3.8, 4) is 0 Å². The molecular weight excluding hydrogens is 422 g/mol. The number of anilines is 2. The maximum Gasteiger partial charge on any atom is 0.280 e. The van der Waals surface area contributed by atoms with Gasteiger partial charge < -0.3 is 10.2 Å². The lowest BCUT2D eigenvalue weighted by Gasteiger charge is -2.32. The second-order valence-electron chi connectivity index (χ2n) is 8.18. The molecule has 0 unspecified atom stereocenters. The van der Waals surface area contributed by atoms with Crippen molar-refractivity contribution >= 4 is 34.7 Å². The molecule has 0 aliphatic heterocycles. The Balaban J connectivity index is 1.78. The van der Waals surface area contributed by atoms with Crippen LogP contribution < -0.4 is 15.1 Å². The average Bonchev–Trinajstić information content (AvgIpc) is 3.52. The van der Waals surface area contributed by atoms with Crippen LogP contribution >= 0.6 is 11.5 Å². The summed E-state index contributed by atoms with van der Waals surface area (Å²) in [6.45, 7) is 0. The molecule has 1 atom stereocenters. The first-order chi connectivity index (χ1) is 15.5. The van der Waals surface area contributed by atoms with E-state index in [-0.39, 0.29) is 23.6 Å². The molecule has 1 heterocycles. The van der Waals surface area contributed by atoms with Gasteiger partial charge in [-0.15, -0.1) is 5.10 Å². The number of para-hydroxylation sites is 1. The van der Waals surface area contributed by atoms with Gasteiger partial charge in [0.15, 0.2) is 5.69 Å². The standard InChI is InChI=1S/C24H27N5O2S/c1-28(2)19-14-12-17(13-15-19)22(23(30)25-18-8-6-7-9-18)29(20-10-4-3-5-11-20)24(31)21-16-32-27-26-21/h3-5,10-16,18,22H,6-9H2,1-2H3,(H,25,30)/t22-/m0/s1. The van der Waals surface area contributed by atoms with E-state index in [1.165, 1.54) is 4.90 Å². The van der Waals surface area contributed by atoms with Crippen LogP contribution in [-0.4, -0.2) is 41.5 Å². The summed E-state index contributed by atoms with van der Waals surface area (Å²) in [5.41, 5.74) is 2.62. The highest BCUT2D eigenvalue weighted by atomic mass is 32.1. The summed E-state index contributed by atoms with van der Waals surface area (Å²) in [5.74, 6) is -0.539. The van der Waals surface area contributed by atoms with Crippen molar-refractivity contribution in [2.45, 2.75) is 37.8 Å². The number of nitrogens with one attached hydrogen (secondary N) is 1. The largest absolute Gasteiger partial charge is 0.378 e. The highest BCUT2D eigenvalue weighted by Crippen LogP contribution is 2.31. The average molecular weight is 450 g/mol. The molecule has 0 saturated heterocycles. The van der Waals surface area contributed by atoms with Crippen LogP contribution in [0.2, 0.25) is 0 Å². The lowest BCUT2D eigenvalue weighted by Crippen LogP contribution is -2.46. The van der Waals surface area contributed by atoms with Crippen LogP contribution in [-0.2, 0) is 4.79 Å². The molecule has 1 aliphatic carbocycles. The molecule has 7 nitrogen and oxygen atoms in total. The minimum atomic E-state index is -0.830. The molecule has 0 bridgehead atoms. The second kappa shape index (κ2) is 9.91. The van der Waals surface area contributed by atoms with Gasteiger partial charge in [-0.1, -0.05) is 47.7 Å². The first-order valence-corrected chi connectivity index (χ1v) is 11.6. The van der Waals surface area contributed by atoms with Gasteiger partial charge in [-0.2, -0.15) is 0 Å². The minimum Gasteiger partial charge on any atom is -0.378 e. The summed E-state index contributed by atoms with van der Waals surface area (Å²) in [4.78, 5) is 30.8. The van der Waals surface area contributed by atoms with Crippen LogP contribution in [0.1, 0.15) is 47.8 Å². The van der Waals surface area contributed by atoms with Crippen LogP contribution in [0.3, 0.4) is 0 Å². The van der Waals surface area contributed by atoms with Crippen molar-refractivity contribution in [1.82, 2.24) is 14.9 Å². The van der Waals surface area contributed by atoms with Crippen molar-refractivity contribution < 1.29 is 9.59 Å². The van der Waals surface area contributed by atoms with E-state index in [4.69, 9.17) is 0 Å². The number of aromatic nitrogens is 2. The molecule has 0 spiro atoms. The monoisotopic (exact) mass is 449 g/mol. The number of carbonyl (C=O) groups excluding carboxylic acids is 2. The van der Waals surface area contributed by atoms with Crippen molar-refractivity contribution in [3.05, 3.63) is 71.2 Å². The fourth-order valence-corrected chi connectivity index (χ4v) is 4.51. The molecule has 3 aromatic rings. The molecule has 1 aliphatic rings.